The Morgan fingerprint density at radius 3 is 2.35 bits per heavy atom. The van der Waals surface area contributed by atoms with Gasteiger partial charge < -0.3 is 19.4 Å². The Morgan fingerprint density at radius 1 is 0.871 bits per heavy atom. The molecule has 0 saturated carbocycles. The van der Waals surface area contributed by atoms with E-state index in [1.807, 2.05) is 66.0 Å². The largest absolute Gasteiger partial charge is 1.00 e. The minimum absolute atomic E-state index is 0. The maximum atomic E-state index is 11.2. The quantitative estimate of drug-likeness (QED) is 0.415. The first-order valence-electron chi connectivity index (χ1n) is 9.40. The van der Waals surface area contributed by atoms with Gasteiger partial charge in [-0.2, -0.15) is 0 Å². The molecular weight excluding hydrogens is 419 g/mol. The summed E-state index contributed by atoms with van der Waals surface area (Å²) in [6.45, 7) is 0.473. The van der Waals surface area contributed by atoms with Gasteiger partial charge >= 0.3 is 29.6 Å². The third-order valence-electron chi connectivity index (χ3n) is 4.76. The molecule has 0 N–H and O–H groups in total. The number of ether oxygens (including phenoxy) is 2. The minimum Gasteiger partial charge on any atom is -0.545 e. The van der Waals surface area contributed by atoms with Crippen molar-refractivity contribution in [2.24, 2.45) is 0 Å². The second-order valence-electron chi connectivity index (χ2n) is 6.64. The van der Waals surface area contributed by atoms with Crippen LogP contribution < -0.4 is 44.1 Å². The number of rotatable bonds is 7. The van der Waals surface area contributed by atoms with Crippen LogP contribution in [0.4, 0.5) is 0 Å². The van der Waals surface area contributed by atoms with Gasteiger partial charge in [-0.25, -0.2) is 0 Å². The summed E-state index contributed by atoms with van der Waals surface area (Å²) in [5.74, 6) is 0.0420. The van der Waals surface area contributed by atoms with Crippen molar-refractivity contribution in [1.82, 2.24) is 0 Å². The number of hydrogen-bond donors (Lipinski definition) is 0. The fourth-order valence-electron chi connectivity index (χ4n) is 3.29. The molecule has 4 nitrogen and oxygen atoms in total. The first kappa shape index (κ1) is 23.1. The molecule has 1 heterocycles. The van der Waals surface area contributed by atoms with E-state index in [0.717, 1.165) is 32.9 Å². The molecule has 0 atom stereocenters. The zero-order valence-electron chi connectivity index (χ0n) is 17.3. The van der Waals surface area contributed by atoms with Gasteiger partial charge in [-0.1, -0.05) is 54.6 Å². The molecule has 150 valence electrons. The van der Waals surface area contributed by atoms with Gasteiger partial charge in [0.2, 0.25) is 0 Å². The van der Waals surface area contributed by atoms with Gasteiger partial charge in [0.15, 0.2) is 0 Å². The number of carboxylic acids is 1. The Kier molecular flexibility index (Phi) is 7.93. The smallest absolute Gasteiger partial charge is 0.545 e. The van der Waals surface area contributed by atoms with Crippen LogP contribution in [0.3, 0.4) is 0 Å². The van der Waals surface area contributed by atoms with Crippen LogP contribution in [0, 0.1) is 0 Å². The number of carboxylic acid groups (broad SMARTS) is 1. The van der Waals surface area contributed by atoms with E-state index in [2.05, 4.69) is 0 Å². The zero-order valence-corrected chi connectivity index (χ0v) is 20.1. The third kappa shape index (κ3) is 5.20. The number of benzene rings is 3. The van der Waals surface area contributed by atoms with Gasteiger partial charge in [-0.15, -0.1) is 11.3 Å². The number of carbonyl (C=O) groups is 1. The molecule has 0 saturated heterocycles. The summed E-state index contributed by atoms with van der Waals surface area (Å²) in [7, 11) is 1.53. The Hall–Kier alpha value is -2.57. The summed E-state index contributed by atoms with van der Waals surface area (Å²) in [5, 5.41) is 13.2. The predicted octanol–water partition coefficient (Wildman–Crippen LogP) is 2.04. The van der Waals surface area contributed by atoms with Gasteiger partial charge in [0, 0.05) is 27.1 Å². The molecule has 0 bridgehead atoms. The molecule has 3 aromatic carbocycles. The molecule has 0 amide bonds. The fourth-order valence-corrected chi connectivity index (χ4v) is 4.23. The van der Waals surface area contributed by atoms with Crippen LogP contribution in [-0.2, 0) is 6.61 Å². The topological polar surface area (TPSA) is 58.6 Å². The second-order valence-corrected chi connectivity index (χ2v) is 7.55. The van der Waals surface area contributed by atoms with Crippen molar-refractivity contribution in [3.05, 3.63) is 95.4 Å². The summed E-state index contributed by atoms with van der Waals surface area (Å²) in [6, 6.07) is 24.7. The van der Waals surface area contributed by atoms with Crippen LogP contribution in [-0.4, -0.2) is 13.1 Å². The molecule has 6 heteroatoms. The number of carbonyl (C=O) groups excluding carboxylic acids is 1. The van der Waals surface area contributed by atoms with E-state index < -0.39 is 5.97 Å². The molecule has 0 aliphatic carbocycles. The molecule has 1 aromatic heterocycles. The van der Waals surface area contributed by atoms with E-state index >= 15 is 0 Å². The van der Waals surface area contributed by atoms with Crippen molar-refractivity contribution >= 4 is 17.3 Å². The summed E-state index contributed by atoms with van der Waals surface area (Å²) >= 11 is 1.57. The summed E-state index contributed by atoms with van der Waals surface area (Å²) < 4.78 is 11.6. The summed E-state index contributed by atoms with van der Waals surface area (Å²) in [5.41, 5.74) is 3.97. The van der Waals surface area contributed by atoms with E-state index in [1.165, 1.54) is 19.2 Å². The van der Waals surface area contributed by atoms with Crippen LogP contribution in [0.5, 0.6) is 11.5 Å². The Morgan fingerprint density at radius 2 is 1.61 bits per heavy atom. The van der Waals surface area contributed by atoms with Crippen LogP contribution in [0.25, 0.3) is 21.6 Å². The molecule has 0 unspecified atom stereocenters. The van der Waals surface area contributed by atoms with Crippen LogP contribution >= 0.6 is 11.3 Å². The molecule has 0 radical (unpaired) electrons. The van der Waals surface area contributed by atoms with Gasteiger partial charge in [0.05, 0.1) is 13.1 Å². The third-order valence-corrected chi connectivity index (χ3v) is 5.71. The summed E-state index contributed by atoms with van der Waals surface area (Å²) in [4.78, 5) is 12.2. The standard InChI is InChI=1S/C25H20O4S.Na/c1-28-23-15-18(25(26)27)11-12-21(23)24-20(13-14-30-24)19-9-5-6-10-22(19)29-16-17-7-3-2-4-8-17;/h2-15H,16H2,1H3,(H,26,27);/q;+1/p-1. The van der Waals surface area contributed by atoms with Crippen molar-refractivity contribution in [1.29, 1.82) is 0 Å². The Bertz CT molecular complexity index is 1170. The van der Waals surface area contributed by atoms with Gasteiger partial charge in [0.25, 0.3) is 0 Å². The average Bonchev–Trinajstić information content (AvgIpc) is 3.27. The first-order valence-corrected chi connectivity index (χ1v) is 10.3. The maximum Gasteiger partial charge on any atom is 1.00 e. The van der Waals surface area contributed by atoms with E-state index in [-0.39, 0.29) is 35.1 Å². The maximum absolute atomic E-state index is 11.2. The van der Waals surface area contributed by atoms with E-state index in [1.54, 1.807) is 17.4 Å². The molecular formula is C25H19NaO4S. The number of methoxy groups -OCH3 is 1. The average molecular weight is 438 g/mol. The van der Waals surface area contributed by atoms with Gasteiger partial charge in [-0.05, 0) is 35.2 Å². The van der Waals surface area contributed by atoms with Crippen molar-refractivity contribution in [3.63, 3.8) is 0 Å². The van der Waals surface area contributed by atoms with E-state index in [4.69, 9.17) is 9.47 Å². The van der Waals surface area contributed by atoms with Crippen LogP contribution in [0.15, 0.2) is 84.2 Å². The van der Waals surface area contributed by atoms with Gasteiger partial charge in [-0.3, -0.25) is 0 Å². The van der Waals surface area contributed by atoms with Crippen LogP contribution in [0.1, 0.15) is 15.9 Å². The molecule has 0 aliphatic heterocycles. The SMILES string of the molecule is COc1cc(C(=O)[O-])ccc1-c1sccc1-c1ccccc1OCc1ccccc1.[Na+]. The Labute approximate surface area is 207 Å². The number of para-hydroxylation sites is 1. The molecule has 4 aromatic rings. The molecule has 4 rings (SSSR count). The molecule has 0 aliphatic rings. The first-order chi connectivity index (χ1) is 14.7. The van der Waals surface area contributed by atoms with Crippen molar-refractivity contribution in [3.8, 4) is 33.1 Å². The molecule has 0 fully saturated rings. The Balaban J connectivity index is 0.00000272. The second kappa shape index (κ2) is 10.6. The molecule has 31 heavy (non-hydrogen) atoms. The number of aromatic carboxylic acids is 1. The van der Waals surface area contributed by atoms with Crippen LogP contribution in [0.2, 0.25) is 0 Å². The van der Waals surface area contributed by atoms with E-state index in [9.17, 15) is 9.90 Å². The van der Waals surface area contributed by atoms with Crippen molar-refractivity contribution in [2.75, 3.05) is 7.11 Å². The van der Waals surface area contributed by atoms with E-state index in [0.29, 0.717) is 12.4 Å². The number of thiophene rings is 1. The predicted molar refractivity (Wildman–Crippen MR) is 117 cm³/mol. The summed E-state index contributed by atoms with van der Waals surface area (Å²) in [6.07, 6.45) is 0. The minimum atomic E-state index is -1.23. The van der Waals surface area contributed by atoms with Crippen molar-refractivity contribution in [2.45, 2.75) is 6.61 Å². The number of hydrogen-bond acceptors (Lipinski definition) is 5. The fraction of sp³-hybridized carbons (Fsp3) is 0.0800. The monoisotopic (exact) mass is 438 g/mol. The normalized spacial score (nSPS) is 10.2. The zero-order chi connectivity index (χ0) is 20.9. The van der Waals surface area contributed by atoms with Crippen molar-refractivity contribution < 1.29 is 48.9 Å². The van der Waals surface area contributed by atoms with Gasteiger partial charge in [0.1, 0.15) is 18.1 Å². The molecule has 0 spiro atoms.